The van der Waals surface area contributed by atoms with E-state index in [0.29, 0.717) is 0 Å². The summed E-state index contributed by atoms with van der Waals surface area (Å²) in [7, 11) is 0. The highest BCUT2D eigenvalue weighted by molar-refractivity contribution is 5.96. The second-order valence-corrected chi connectivity index (χ2v) is 4.24. The molecular weight excluding hydrogens is 226 g/mol. The quantitative estimate of drug-likeness (QED) is 0.837. The molecule has 1 N–H and O–H groups in total. The molecule has 0 spiro atoms. The predicted octanol–water partition coefficient (Wildman–Crippen LogP) is 2.77. The predicted molar refractivity (Wildman–Crippen MR) is 69.1 cm³/mol. The van der Waals surface area contributed by atoms with E-state index in [1.54, 1.807) is 0 Å². The average Bonchev–Trinajstić information content (AvgIpc) is 3.21. The highest BCUT2D eigenvalue weighted by atomic mass is 16.6. The minimum atomic E-state index is -0.368. The average molecular weight is 239 g/mol. The summed E-state index contributed by atoms with van der Waals surface area (Å²) >= 11 is 0. The van der Waals surface area contributed by atoms with Crippen LogP contribution in [0.2, 0.25) is 0 Å². The van der Waals surface area contributed by atoms with Crippen LogP contribution >= 0.6 is 0 Å². The Hall–Kier alpha value is -2.13. The van der Waals surface area contributed by atoms with Crippen molar-refractivity contribution in [2.24, 2.45) is 0 Å². The molecule has 1 fully saturated rings. The number of rotatable bonds is 3. The van der Waals surface area contributed by atoms with Crippen LogP contribution in [-0.2, 0) is 9.53 Å². The number of carbonyl (C=O) groups is 1. The van der Waals surface area contributed by atoms with E-state index in [1.165, 1.54) is 0 Å². The fraction of sp³-hybridized carbons (Fsp3) is 0.133. The zero-order valence-electron chi connectivity index (χ0n) is 9.74. The lowest BCUT2D eigenvalue weighted by Crippen LogP contribution is -2.18. The van der Waals surface area contributed by atoms with Crippen molar-refractivity contribution in [1.82, 2.24) is 0 Å². The summed E-state index contributed by atoms with van der Waals surface area (Å²) in [5.74, 6) is -0.0879. The van der Waals surface area contributed by atoms with Crippen LogP contribution in [0.4, 0.5) is 5.69 Å². The van der Waals surface area contributed by atoms with Gasteiger partial charge in [0, 0.05) is 5.69 Å². The molecule has 1 aliphatic rings. The normalized spacial score (nSPS) is 21.3. The van der Waals surface area contributed by atoms with Crippen molar-refractivity contribution in [3.63, 3.8) is 0 Å². The summed E-state index contributed by atoms with van der Waals surface area (Å²) < 4.78 is 5.42. The Balaban J connectivity index is 1.63. The van der Waals surface area contributed by atoms with Crippen molar-refractivity contribution in [3.05, 3.63) is 66.2 Å². The van der Waals surface area contributed by atoms with Crippen LogP contribution in [0.25, 0.3) is 0 Å². The van der Waals surface area contributed by atoms with Crippen LogP contribution < -0.4 is 5.32 Å². The van der Waals surface area contributed by atoms with Crippen LogP contribution in [0, 0.1) is 0 Å². The minimum Gasteiger partial charge on any atom is -0.354 e. The molecule has 2 aromatic rings. The Kier molecular flexibility index (Phi) is 2.82. The molecule has 2 atom stereocenters. The summed E-state index contributed by atoms with van der Waals surface area (Å²) in [6.45, 7) is 0. The SMILES string of the molecule is O=C(Nc1ccccc1)C1OC1c1ccccc1. The number of carbonyl (C=O) groups excluding carboxylic acids is 1. The van der Waals surface area contributed by atoms with E-state index >= 15 is 0 Å². The molecule has 0 saturated carbocycles. The highest BCUT2D eigenvalue weighted by Gasteiger charge is 2.45. The second kappa shape index (κ2) is 4.63. The Morgan fingerprint density at radius 1 is 0.944 bits per heavy atom. The molecular formula is C15H13NO2. The van der Waals surface area contributed by atoms with E-state index in [2.05, 4.69) is 5.32 Å². The van der Waals surface area contributed by atoms with Gasteiger partial charge in [-0.15, -0.1) is 0 Å². The van der Waals surface area contributed by atoms with Gasteiger partial charge in [-0.2, -0.15) is 0 Å². The molecule has 3 nitrogen and oxygen atoms in total. The Labute approximate surface area is 105 Å². The van der Waals surface area contributed by atoms with Crippen LogP contribution in [0.5, 0.6) is 0 Å². The van der Waals surface area contributed by atoms with Gasteiger partial charge >= 0.3 is 0 Å². The van der Waals surface area contributed by atoms with Gasteiger partial charge < -0.3 is 10.1 Å². The molecule has 90 valence electrons. The van der Waals surface area contributed by atoms with E-state index in [-0.39, 0.29) is 18.1 Å². The van der Waals surface area contributed by atoms with Gasteiger partial charge in [-0.25, -0.2) is 0 Å². The molecule has 1 saturated heterocycles. The smallest absolute Gasteiger partial charge is 0.256 e. The number of anilines is 1. The van der Waals surface area contributed by atoms with E-state index in [4.69, 9.17) is 4.74 Å². The lowest BCUT2D eigenvalue weighted by molar-refractivity contribution is -0.117. The number of para-hydroxylation sites is 1. The molecule has 2 aromatic carbocycles. The molecule has 3 rings (SSSR count). The molecule has 1 heterocycles. The topological polar surface area (TPSA) is 41.6 Å². The lowest BCUT2D eigenvalue weighted by Gasteiger charge is -2.01. The van der Waals surface area contributed by atoms with Crippen LogP contribution in [0.3, 0.4) is 0 Å². The third-order valence-electron chi connectivity index (χ3n) is 2.92. The minimum absolute atomic E-state index is 0.0879. The molecule has 0 aromatic heterocycles. The molecule has 0 aliphatic carbocycles. The van der Waals surface area contributed by atoms with Gasteiger partial charge in [-0.05, 0) is 17.7 Å². The summed E-state index contributed by atoms with van der Waals surface area (Å²) in [6, 6.07) is 19.2. The highest BCUT2D eigenvalue weighted by Crippen LogP contribution is 2.39. The van der Waals surface area contributed by atoms with Crippen LogP contribution in [0.1, 0.15) is 11.7 Å². The zero-order chi connectivity index (χ0) is 12.4. The van der Waals surface area contributed by atoms with E-state index in [0.717, 1.165) is 11.3 Å². The summed E-state index contributed by atoms with van der Waals surface area (Å²) in [4.78, 5) is 11.9. The number of benzene rings is 2. The summed E-state index contributed by atoms with van der Waals surface area (Å²) in [6.07, 6.45) is -0.470. The monoisotopic (exact) mass is 239 g/mol. The molecule has 0 radical (unpaired) electrons. The van der Waals surface area contributed by atoms with E-state index < -0.39 is 0 Å². The fourth-order valence-corrected chi connectivity index (χ4v) is 1.94. The van der Waals surface area contributed by atoms with Gasteiger partial charge in [-0.1, -0.05) is 48.5 Å². The van der Waals surface area contributed by atoms with Gasteiger partial charge in [0.2, 0.25) is 0 Å². The van der Waals surface area contributed by atoms with Crippen LogP contribution in [0.15, 0.2) is 60.7 Å². The molecule has 2 unspecified atom stereocenters. The van der Waals surface area contributed by atoms with E-state index in [9.17, 15) is 4.79 Å². The van der Waals surface area contributed by atoms with Crippen molar-refractivity contribution in [2.45, 2.75) is 12.2 Å². The molecule has 3 heteroatoms. The maximum absolute atomic E-state index is 11.9. The number of amides is 1. The van der Waals surface area contributed by atoms with Crippen molar-refractivity contribution in [1.29, 1.82) is 0 Å². The number of hydrogen-bond donors (Lipinski definition) is 1. The number of hydrogen-bond acceptors (Lipinski definition) is 2. The maximum Gasteiger partial charge on any atom is 0.256 e. The van der Waals surface area contributed by atoms with Gasteiger partial charge in [-0.3, -0.25) is 4.79 Å². The van der Waals surface area contributed by atoms with Crippen molar-refractivity contribution >= 4 is 11.6 Å². The molecule has 0 bridgehead atoms. The number of nitrogens with one attached hydrogen (secondary N) is 1. The molecule has 1 amide bonds. The van der Waals surface area contributed by atoms with E-state index in [1.807, 2.05) is 60.7 Å². The third kappa shape index (κ3) is 2.26. The third-order valence-corrected chi connectivity index (χ3v) is 2.92. The molecule has 18 heavy (non-hydrogen) atoms. The Morgan fingerprint density at radius 2 is 1.56 bits per heavy atom. The van der Waals surface area contributed by atoms with Crippen molar-refractivity contribution in [2.75, 3.05) is 5.32 Å². The largest absolute Gasteiger partial charge is 0.354 e. The Bertz CT molecular complexity index is 539. The first-order valence-corrected chi connectivity index (χ1v) is 5.91. The first-order chi connectivity index (χ1) is 8.84. The Morgan fingerprint density at radius 3 is 2.22 bits per heavy atom. The van der Waals surface area contributed by atoms with Gasteiger partial charge in [0.25, 0.3) is 5.91 Å². The number of epoxide rings is 1. The summed E-state index contributed by atoms with van der Waals surface area (Å²) in [5, 5.41) is 2.84. The maximum atomic E-state index is 11.9. The van der Waals surface area contributed by atoms with Crippen LogP contribution in [-0.4, -0.2) is 12.0 Å². The first-order valence-electron chi connectivity index (χ1n) is 5.91. The zero-order valence-corrected chi connectivity index (χ0v) is 9.74. The second-order valence-electron chi connectivity index (χ2n) is 4.24. The molecule has 1 aliphatic heterocycles. The standard InChI is InChI=1S/C15H13NO2/c17-15(16-12-9-5-2-6-10-12)14-13(18-14)11-7-3-1-4-8-11/h1-10,13-14H,(H,16,17). The lowest BCUT2D eigenvalue weighted by atomic mass is 10.1. The van der Waals surface area contributed by atoms with Gasteiger partial charge in [0.15, 0.2) is 6.10 Å². The van der Waals surface area contributed by atoms with Gasteiger partial charge in [0.1, 0.15) is 6.10 Å². The van der Waals surface area contributed by atoms with Gasteiger partial charge in [0.05, 0.1) is 0 Å². The fourth-order valence-electron chi connectivity index (χ4n) is 1.94. The van der Waals surface area contributed by atoms with Crippen molar-refractivity contribution < 1.29 is 9.53 Å². The van der Waals surface area contributed by atoms with Crippen molar-refractivity contribution in [3.8, 4) is 0 Å². The summed E-state index contributed by atoms with van der Waals surface area (Å²) in [5.41, 5.74) is 1.84. The number of ether oxygens (including phenoxy) is 1. The first kappa shape index (κ1) is 11.0.